The van der Waals surface area contributed by atoms with E-state index in [1.54, 1.807) is 52.6 Å². The van der Waals surface area contributed by atoms with E-state index in [0.717, 1.165) is 29.4 Å². The molecule has 14 heteroatoms. The Bertz CT molecular complexity index is 1590. The Labute approximate surface area is 258 Å². The zero-order valence-corrected chi connectivity index (χ0v) is 26.1. The van der Waals surface area contributed by atoms with Gasteiger partial charge in [0.15, 0.2) is 11.5 Å². The van der Waals surface area contributed by atoms with Gasteiger partial charge in [-0.2, -0.15) is 27.8 Å². The van der Waals surface area contributed by atoms with Gasteiger partial charge in [0, 0.05) is 18.2 Å². The third-order valence-electron chi connectivity index (χ3n) is 7.06. The number of hydrogen-bond acceptors (Lipinski definition) is 7. The largest absolute Gasteiger partial charge is 0.472 e. The van der Waals surface area contributed by atoms with Crippen LogP contribution in [0.15, 0.2) is 30.5 Å². The van der Waals surface area contributed by atoms with Gasteiger partial charge in [-0.1, -0.05) is 0 Å². The fourth-order valence-electron chi connectivity index (χ4n) is 5.05. The number of fused-ring (bicyclic) bond motifs is 1. The number of carbonyl (C=O) groups is 2. The number of aromatic nitrogens is 3. The number of nitrogens with zero attached hydrogens (tertiary/aromatic N) is 5. The van der Waals surface area contributed by atoms with Gasteiger partial charge in [-0.05, 0) is 91.3 Å². The first-order valence-electron chi connectivity index (χ1n) is 14.8. The summed E-state index contributed by atoms with van der Waals surface area (Å²) in [6.07, 6.45) is -2.31. The van der Waals surface area contributed by atoms with E-state index in [4.69, 9.17) is 14.2 Å². The molecule has 2 aromatic heterocycles. The minimum absolute atomic E-state index is 0.0527. The molecule has 0 bridgehead atoms. The Hall–Kier alpha value is -4.10. The van der Waals surface area contributed by atoms with E-state index >= 15 is 0 Å². The Morgan fingerprint density at radius 3 is 2.27 bits per heavy atom. The fourth-order valence-corrected chi connectivity index (χ4v) is 5.05. The number of benzene rings is 1. The Morgan fingerprint density at radius 2 is 1.64 bits per heavy atom. The molecule has 1 saturated heterocycles. The lowest BCUT2D eigenvalue weighted by molar-refractivity contribution is -0.137. The second kappa shape index (κ2) is 11.7. The van der Waals surface area contributed by atoms with E-state index < -0.39 is 52.7 Å². The van der Waals surface area contributed by atoms with Crippen molar-refractivity contribution < 1.29 is 41.4 Å². The predicted molar refractivity (Wildman–Crippen MR) is 156 cm³/mol. The summed E-state index contributed by atoms with van der Waals surface area (Å²) in [4.78, 5) is 33.5. The molecule has 45 heavy (non-hydrogen) atoms. The molecule has 2 amide bonds. The molecule has 0 radical (unpaired) electrons. The topological polar surface area (TPSA) is 98.5 Å². The standard InChI is InChI=1S/C31H37F4N5O5/c1-29(2,3)44-27(41)38-11-7-8-22(17-38)43-24-15-25(40-26(37-24)23(16-36-40)18-9-10-18)39(28(42)45-30(4,5)6)21-13-19(31(33,34)35)12-20(32)14-21/h12-16,18,22H,7-11,17H2,1-6H3/t22-/m0/s1. The van der Waals surface area contributed by atoms with E-state index in [2.05, 4.69) is 10.1 Å². The normalized spacial score (nSPS) is 17.7. The van der Waals surface area contributed by atoms with Crippen LogP contribution < -0.4 is 9.64 Å². The summed E-state index contributed by atoms with van der Waals surface area (Å²) in [5.74, 6) is -1.04. The highest BCUT2D eigenvalue weighted by Crippen LogP contribution is 2.43. The highest BCUT2D eigenvalue weighted by molar-refractivity contribution is 5.96. The number of rotatable bonds is 5. The summed E-state index contributed by atoms with van der Waals surface area (Å²) in [6.45, 7) is 10.8. The molecule has 0 N–H and O–H groups in total. The summed E-state index contributed by atoms with van der Waals surface area (Å²) in [5, 5.41) is 4.42. The van der Waals surface area contributed by atoms with Gasteiger partial charge in [0.2, 0.25) is 5.88 Å². The number of carbonyl (C=O) groups excluding carboxylic acids is 2. The number of alkyl halides is 3. The number of piperidine rings is 1. The van der Waals surface area contributed by atoms with Crippen molar-refractivity contribution >= 4 is 29.3 Å². The molecule has 1 saturated carbocycles. The summed E-state index contributed by atoms with van der Waals surface area (Å²) >= 11 is 0. The first kappa shape index (κ1) is 32.3. The zero-order chi connectivity index (χ0) is 32.9. The Morgan fingerprint density at radius 1 is 0.956 bits per heavy atom. The van der Waals surface area contributed by atoms with Crippen molar-refractivity contribution in [1.82, 2.24) is 19.5 Å². The monoisotopic (exact) mass is 635 g/mol. The van der Waals surface area contributed by atoms with Crippen LogP contribution in [0, 0.1) is 5.82 Å². The average Bonchev–Trinajstić information content (AvgIpc) is 3.65. The van der Waals surface area contributed by atoms with Crippen molar-refractivity contribution in [2.45, 2.75) is 96.6 Å². The maximum atomic E-state index is 14.7. The van der Waals surface area contributed by atoms with E-state index in [1.165, 1.54) is 10.6 Å². The third-order valence-corrected chi connectivity index (χ3v) is 7.06. The quantitative estimate of drug-likeness (QED) is 0.266. The molecular formula is C31H37F4N5O5. The smallest absolute Gasteiger partial charge is 0.420 e. The highest BCUT2D eigenvalue weighted by atomic mass is 19.4. The van der Waals surface area contributed by atoms with Gasteiger partial charge in [-0.25, -0.2) is 18.9 Å². The number of halogens is 4. The number of amides is 2. The van der Waals surface area contributed by atoms with Crippen LogP contribution in [0.3, 0.4) is 0 Å². The van der Waals surface area contributed by atoms with Crippen LogP contribution in [0.25, 0.3) is 5.65 Å². The van der Waals surface area contributed by atoms with Gasteiger partial charge in [-0.15, -0.1) is 0 Å². The maximum Gasteiger partial charge on any atom is 0.420 e. The van der Waals surface area contributed by atoms with Gasteiger partial charge in [0.05, 0.1) is 24.0 Å². The number of likely N-dealkylation sites (tertiary alicyclic amines) is 1. The van der Waals surface area contributed by atoms with E-state index in [0.29, 0.717) is 37.2 Å². The minimum Gasteiger partial charge on any atom is -0.472 e. The first-order valence-corrected chi connectivity index (χ1v) is 14.8. The Balaban J connectivity index is 1.59. The molecule has 0 spiro atoms. The van der Waals surface area contributed by atoms with E-state index in [-0.39, 0.29) is 24.2 Å². The molecular weight excluding hydrogens is 598 g/mol. The molecule has 1 aliphatic heterocycles. The molecule has 3 aromatic rings. The van der Waals surface area contributed by atoms with Crippen LogP contribution in [0.5, 0.6) is 5.88 Å². The Kier molecular flexibility index (Phi) is 8.38. The molecule has 0 unspecified atom stereocenters. The van der Waals surface area contributed by atoms with E-state index in [9.17, 15) is 27.2 Å². The molecule has 10 nitrogen and oxygen atoms in total. The summed E-state index contributed by atoms with van der Waals surface area (Å²) in [5.41, 5.74) is -2.31. The van der Waals surface area contributed by atoms with Crippen molar-refractivity contribution in [1.29, 1.82) is 0 Å². The van der Waals surface area contributed by atoms with Crippen LogP contribution in [0.4, 0.5) is 38.7 Å². The molecule has 1 atom stereocenters. The first-order chi connectivity index (χ1) is 20.9. The van der Waals surface area contributed by atoms with Crippen molar-refractivity contribution in [2.75, 3.05) is 18.0 Å². The average molecular weight is 636 g/mol. The summed E-state index contributed by atoms with van der Waals surface area (Å²) < 4.78 is 74.6. The van der Waals surface area contributed by atoms with Crippen LogP contribution in [0.2, 0.25) is 0 Å². The van der Waals surface area contributed by atoms with Gasteiger partial charge in [0.1, 0.15) is 23.1 Å². The van der Waals surface area contributed by atoms with Crippen LogP contribution >= 0.6 is 0 Å². The van der Waals surface area contributed by atoms with Crippen LogP contribution in [-0.2, 0) is 15.7 Å². The number of ether oxygens (including phenoxy) is 3. The number of anilines is 2. The fraction of sp³-hybridized carbons (Fsp3) is 0.548. The zero-order valence-electron chi connectivity index (χ0n) is 26.1. The lowest BCUT2D eigenvalue weighted by Gasteiger charge is -2.34. The van der Waals surface area contributed by atoms with Crippen molar-refractivity contribution in [3.63, 3.8) is 0 Å². The molecule has 2 fully saturated rings. The van der Waals surface area contributed by atoms with Crippen LogP contribution in [-0.4, -0.2) is 62.1 Å². The summed E-state index contributed by atoms with van der Waals surface area (Å²) in [7, 11) is 0. The maximum absolute atomic E-state index is 14.7. The molecule has 1 aromatic carbocycles. The van der Waals surface area contributed by atoms with Crippen molar-refractivity contribution in [3.05, 3.63) is 47.4 Å². The lowest BCUT2D eigenvalue weighted by Crippen LogP contribution is -2.46. The SMILES string of the molecule is CC(C)(C)OC(=O)N1CCC[C@H](Oc2cc(N(C(=O)OC(C)(C)C)c3cc(F)cc(C(F)(F)F)c3)n3ncc(C4CC4)c3n2)C1. The second-order valence-corrected chi connectivity index (χ2v) is 13.4. The summed E-state index contributed by atoms with van der Waals surface area (Å²) in [6, 6.07) is 3.19. The van der Waals surface area contributed by atoms with Gasteiger partial charge in [-0.3, -0.25) is 0 Å². The molecule has 3 heterocycles. The lowest BCUT2D eigenvalue weighted by atomic mass is 10.1. The van der Waals surface area contributed by atoms with E-state index in [1.807, 2.05) is 0 Å². The highest BCUT2D eigenvalue weighted by Gasteiger charge is 2.36. The predicted octanol–water partition coefficient (Wildman–Crippen LogP) is 7.62. The molecule has 5 rings (SSSR count). The van der Waals surface area contributed by atoms with Crippen LogP contribution in [0.1, 0.15) is 84.3 Å². The molecule has 1 aliphatic carbocycles. The third kappa shape index (κ3) is 7.77. The minimum atomic E-state index is -4.88. The second-order valence-electron chi connectivity index (χ2n) is 13.4. The van der Waals surface area contributed by atoms with Crippen molar-refractivity contribution in [2.24, 2.45) is 0 Å². The van der Waals surface area contributed by atoms with Gasteiger partial charge >= 0.3 is 18.4 Å². The van der Waals surface area contributed by atoms with Gasteiger partial charge in [0.25, 0.3) is 0 Å². The van der Waals surface area contributed by atoms with Crippen molar-refractivity contribution in [3.8, 4) is 5.88 Å². The number of hydrogen-bond donors (Lipinski definition) is 0. The molecule has 244 valence electrons. The molecule has 2 aliphatic rings. The van der Waals surface area contributed by atoms with Gasteiger partial charge < -0.3 is 19.1 Å².